The van der Waals surface area contributed by atoms with E-state index in [0.717, 1.165) is 29.8 Å². The Morgan fingerprint density at radius 1 is 1.03 bits per heavy atom. The number of piperidine rings is 1. The quantitative estimate of drug-likeness (QED) is 0.629. The first-order chi connectivity index (χ1) is 15.0. The van der Waals surface area contributed by atoms with Crippen LogP contribution in [0.3, 0.4) is 0 Å². The van der Waals surface area contributed by atoms with Crippen LogP contribution in [0.15, 0.2) is 47.4 Å². The molecule has 1 N–H and O–H groups in total. The van der Waals surface area contributed by atoms with E-state index >= 15 is 0 Å². The van der Waals surface area contributed by atoms with Crippen LogP contribution in [-0.4, -0.2) is 52.9 Å². The van der Waals surface area contributed by atoms with E-state index in [0.29, 0.717) is 35.1 Å². The average Bonchev–Trinajstić information content (AvgIpc) is 2.73. The van der Waals surface area contributed by atoms with Gasteiger partial charge in [-0.05, 0) is 67.8 Å². The maximum atomic E-state index is 12.7. The van der Waals surface area contributed by atoms with Gasteiger partial charge in [-0.1, -0.05) is 18.0 Å². The fourth-order valence-corrected chi connectivity index (χ4v) is 6.23. The van der Waals surface area contributed by atoms with Crippen molar-refractivity contribution in [3.05, 3.63) is 53.1 Å². The molecule has 0 atom stereocenters. The standard InChI is InChI=1S/C21H26ClN3O5S2/c1-16-14-17(22)6-11-20(16)25(31(2,27)28)15-21(26)23-18-7-9-19(10-8-18)32(29,30)24-12-4-3-5-13-24/h6-11,14H,3-5,12-13,15H2,1-2H3,(H,23,26). The Bertz CT molecular complexity index is 1190. The lowest BCUT2D eigenvalue weighted by Crippen LogP contribution is -2.37. The second-order valence-corrected chi connectivity index (χ2v) is 12.0. The average molecular weight is 500 g/mol. The monoisotopic (exact) mass is 499 g/mol. The highest BCUT2D eigenvalue weighted by Gasteiger charge is 2.26. The van der Waals surface area contributed by atoms with Crippen molar-refractivity contribution in [3.63, 3.8) is 0 Å². The van der Waals surface area contributed by atoms with Crippen molar-refractivity contribution in [3.8, 4) is 0 Å². The summed E-state index contributed by atoms with van der Waals surface area (Å²) in [4.78, 5) is 12.7. The number of carbonyl (C=O) groups is 1. The fourth-order valence-electron chi connectivity index (χ4n) is 3.58. The molecule has 1 heterocycles. The number of benzene rings is 2. The van der Waals surface area contributed by atoms with E-state index in [1.807, 2.05) is 0 Å². The van der Waals surface area contributed by atoms with E-state index in [2.05, 4.69) is 5.32 Å². The summed E-state index contributed by atoms with van der Waals surface area (Å²) in [5.41, 5.74) is 1.34. The maximum Gasteiger partial charge on any atom is 0.245 e. The van der Waals surface area contributed by atoms with Gasteiger partial charge in [0.2, 0.25) is 26.0 Å². The largest absolute Gasteiger partial charge is 0.325 e. The molecule has 0 unspecified atom stereocenters. The van der Waals surface area contributed by atoms with Crippen molar-refractivity contribution in [1.29, 1.82) is 0 Å². The van der Waals surface area contributed by atoms with E-state index in [1.54, 1.807) is 25.1 Å². The lowest BCUT2D eigenvalue weighted by molar-refractivity contribution is -0.114. The van der Waals surface area contributed by atoms with Crippen LogP contribution in [0.2, 0.25) is 5.02 Å². The van der Waals surface area contributed by atoms with Crippen molar-refractivity contribution < 1.29 is 21.6 Å². The molecule has 1 aliphatic heterocycles. The molecule has 0 saturated carbocycles. The minimum Gasteiger partial charge on any atom is -0.325 e. The van der Waals surface area contributed by atoms with Gasteiger partial charge in [0.1, 0.15) is 6.54 Å². The first kappa shape index (κ1) is 24.5. The van der Waals surface area contributed by atoms with Crippen molar-refractivity contribution in [2.45, 2.75) is 31.1 Å². The van der Waals surface area contributed by atoms with Crippen molar-refractivity contribution in [1.82, 2.24) is 4.31 Å². The predicted octanol–water partition coefficient (Wildman–Crippen LogP) is 3.23. The van der Waals surface area contributed by atoms with Crippen LogP contribution in [0.5, 0.6) is 0 Å². The second kappa shape index (κ2) is 9.78. The van der Waals surface area contributed by atoms with Gasteiger partial charge in [-0.3, -0.25) is 9.10 Å². The molecule has 174 valence electrons. The molecule has 1 amide bonds. The number of amides is 1. The predicted molar refractivity (Wildman–Crippen MR) is 126 cm³/mol. The molecule has 2 aromatic carbocycles. The molecule has 0 aromatic heterocycles. The van der Waals surface area contributed by atoms with E-state index in [-0.39, 0.29) is 4.90 Å². The molecule has 11 heteroatoms. The molecular formula is C21H26ClN3O5S2. The molecular weight excluding hydrogens is 474 g/mol. The number of hydrogen-bond acceptors (Lipinski definition) is 5. The fraction of sp³-hybridized carbons (Fsp3) is 0.381. The van der Waals surface area contributed by atoms with Gasteiger partial charge in [0, 0.05) is 23.8 Å². The minimum atomic E-state index is -3.73. The van der Waals surface area contributed by atoms with Crippen LogP contribution in [0.4, 0.5) is 11.4 Å². The summed E-state index contributed by atoms with van der Waals surface area (Å²) in [6, 6.07) is 10.6. The SMILES string of the molecule is Cc1cc(Cl)ccc1N(CC(=O)Nc1ccc(S(=O)(=O)N2CCCCC2)cc1)S(C)(=O)=O. The van der Waals surface area contributed by atoms with Crippen LogP contribution in [0, 0.1) is 6.92 Å². The zero-order valence-electron chi connectivity index (χ0n) is 17.9. The number of sulfonamides is 2. The number of nitrogens with zero attached hydrogens (tertiary/aromatic N) is 2. The number of aryl methyl sites for hydroxylation is 1. The number of halogens is 1. The molecule has 1 fully saturated rings. The smallest absolute Gasteiger partial charge is 0.245 e. The lowest BCUT2D eigenvalue weighted by atomic mass is 10.2. The van der Waals surface area contributed by atoms with Crippen molar-refractivity contribution >= 4 is 48.9 Å². The van der Waals surface area contributed by atoms with Crippen molar-refractivity contribution in [2.75, 3.05) is 35.5 Å². The summed E-state index contributed by atoms with van der Waals surface area (Å²) in [6.45, 7) is 2.28. The lowest BCUT2D eigenvalue weighted by Gasteiger charge is -2.26. The second-order valence-electron chi connectivity index (χ2n) is 7.74. The molecule has 8 nitrogen and oxygen atoms in total. The van der Waals surface area contributed by atoms with E-state index in [1.165, 1.54) is 28.6 Å². The zero-order valence-corrected chi connectivity index (χ0v) is 20.3. The number of anilines is 2. The summed E-state index contributed by atoms with van der Waals surface area (Å²) in [6.07, 6.45) is 3.74. The Kier molecular flexibility index (Phi) is 7.49. The van der Waals surface area contributed by atoms with E-state index < -0.39 is 32.5 Å². The van der Waals surface area contributed by atoms with E-state index in [9.17, 15) is 21.6 Å². The Morgan fingerprint density at radius 2 is 1.66 bits per heavy atom. The first-order valence-corrected chi connectivity index (χ1v) is 13.8. The third-order valence-electron chi connectivity index (χ3n) is 5.21. The molecule has 0 spiro atoms. The van der Waals surface area contributed by atoms with Gasteiger partial charge in [0.05, 0.1) is 16.8 Å². The summed E-state index contributed by atoms with van der Waals surface area (Å²) >= 11 is 5.95. The van der Waals surface area contributed by atoms with Gasteiger partial charge < -0.3 is 5.32 Å². The molecule has 1 saturated heterocycles. The molecule has 0 bridgehead atoms. The van der Waals surface area contributed by atoms with Gasteiger partial charge >= 0.3 is 0 Å². The highest BCUT2D eigenvalue weighted by molar-refractivity contribution is 7.92. The van der Waals surface area contributed by atoms with E-state index in [4.69, 9.17) is 11.6 Å². The topological polar surface area (TPSA) is 104 Å². The van der Waals surface area contributed by atoms with Crippen LogP contribution in [0.1, 0.15) is 24.8 Å². The molecule has 1 aliphatic rings. The van der Waals surface area contributed by atoms with Gasteiger partial charge in [-0.25, -0.2) is 16.8 Å². The van der Waals surface area contributed by atoms with Gasteiger partial charge in [0.15, 0.2) is 0 Å². The Balaban J connectivity index is 1.73. The Hall–Kier alpha value is -2.14. The Labute approximate surface area is 194 Å². The van der Waals surface area contributed by atoms with Crippen LogP contribution in [-0.2, 0) is 24.8 Å². The highest BCUT2D eigenvalue weighted by atomic mass is 35.5. The third-order valence-corrected chi connectivity index (χ3v) is 8.48. The van der Waals surface area contributed by atoms with Gasteiger partial charge in [0.25, 0.3) is 0 Å². The summed E-state index contributed by atoms with van der Waals surface area (Å²) < 4.78 is 52.6. The van der Waals surface area contributed by atoms with Gasteiger partial charge in [-0.15, -0.1) is 0 Å². The zero-order chi connectivity index (χ0) is 23.5. The molecule has 32 heavy (non-hydrogen) atoms. The number of nitrogens with one attached hydrogen (secondary N) is 1. The van der Waals surface area contributed by atoms with Crippen LogP contribution in [0.25, 0.3) is 0 Å². The molecule has 0 radical (unpaired) electrons. The summed E-state index contributed by atoms with van der Waals surface area (Å²) in [7, 11) is -7.30. The minimum absolute atomic E-state index is 0.159. The molecule has 2 aromatic rings. The number of carbonyl (C=O) groups excluding carboxylic acids is 1. The Morgan fingerprint density at radius 3 is 2.22 bits per heavy atom. The first-order valence-electron chi connectivity index (χ1n) is 10.1. The molecule has 3 rings (SSSR count). The summed E-state index contributed by atoms with van der Waals surface area (Å²) in [5.74, 6) is -0.559. The van der Waals surface area contributed by atoms with Crippen LogP contribution < -0.4 is 9.62 Å². The normalized spacial score (nSPS) is 15.3. The maximum absolute atomic E-state index is 12.7. The van der Waals surface area contributed by atoms with Crippen LogP contribution >= 0.6 is 11.6 Å². The third kappa shape index (κ3) is 5.80. The number of hydrogen-bond donors (Lipinski definition) is 1. The highest BCUT2D eigenvalue weighted by Crippen LogP contribution is 2.26. The number of rotatable bonds is 7. The molecule has 0 aliphatic carbocycles. The van der Waals surface area contributed by atoms with Gasteiger partial charge in [-0.2, -0.15) is 4.31 Å². The summed E-state index contributed by atoms with van der Waals surface area (Å²) in [5, 5.41) is 3.09. The van der Waals surface area contributed by atoms with Crippen molar-refractivity contribution in [2.24, 2.45) is 0 Å².